The van der Waals surface area contributed by atoms with Gasteiger partial charge in [0.1, 0.15) is 11.4 Å². The molecule has 0 fully saturated rings. The van der Waals surface area contributed by atoms with E-state index in [4.69, 9.17) is 14.6 Å². The third kappa shape index (κ3) is 6.94. The van der Waals surface area contributed by atoms with Crippen LogP contribution in [-0.2, 0) is 9.53 Å². The zero-order chi connectivity index (χ0) is 16.8. The van der Waals surface area contributed by atoms with E-state index in [1.54, 1.807) is 45.0 Å². The van der Waals surface area contributed by atoms with Gasteiger partial charge in [-0.15, -0.1) is 0 Å². The van der Waals surface area contributed by atoms with E-state index in [1.807, 2.05) is 0 Å². The number of aliphatic hydroxyl groups excluding tert-OH is 1. The summed E-state index contributed by atoms with van der Waals surface area (Å²) in [6, 6.07) is 6.29. The van der Waals surface area contributed by atoms with Crippen molar-refractivity contribution in [1.82, 2.24) is 5.32 Å². The van der Waals surface area contributed by atoms with Crippen molar-refractivity contribution >= 4 is 12.1 Å². The first-order chi connectivity index (χ1) is 10.2. The van der Waals surface area contributed by atoms with E-state index in [1.165, 1.54) is 0 Å². The van der Waals surface area contributed by atoms with E-state index in [2.05, 4.69) is 5.32 Å². The van der Waals surface area contributed by atoms with Crippen LogP contribution < -0.4 is 10.1 Å². The second kappa shape index (κ2) is 7.65. The molecule has 122 valence electrons. The van der Waals surface area contributed by atoms with E-state index in [0.717, 1.165) is 0 Å². The number of hydrogen-bond donors (Lipinski definition) is 3. The minimum Gasteiger partial charge on any atom is -0.482 e. The molecule has 0 heterocycles. The lowest BCUT2D eigenvalue weighted by atomic mass is 10.1. The number of aliphatic carboxylic acids is 1. The minimum absolute atomic E-state index is 0.00421. The molecule has 7 heteroatoms. The smallest absolute Gasteiger partial charge is 0.407 e. The Morgan fingerprint density at radius 1 is 1.23 bits per heavy atom. The summed E-state index contributed by atoms with van der Waals surface area (Å²) in [5, 5.41) is 20.9. The summed E-state index contributed by atoms with van der Waals surface area (Å²) in [5.74, 6) is -0.677. The van der Waals surface area contributed by atoms with Crippen LogP contribution in [0.15, 0.2) is 24.3 Å². The summed E-state index contributed by atoms with van der Waals surface area (Å²) in [6.45, 7) is 4.82. The Balaban J connectivity index is 2.47. The molecule has 0 aliphatic carbocycles. The van der Waals surface area contributed by atoms with Crippen LogP contribution in [0.25, 0.3) is 0 Å². The van der Waals surface area contributed by atoms with Crippen LogP contribution in [0.5, 0.6) is 5.75 Å². The molecule has 0 radical (unpaired) electrons. The number of hydrogen-bond acceptors (Lipinski definition) is 5. The summed E-state index contributed by atoms with van der Waals surface area (Å²) in [5.41, 5.74) is -0.0308. The van der Waals surface area contributed by atoms with Crippen LogP contribution in [0.2, 0.25) is 0 Å². The van der Waals surface area contributed by atoms with Gasteiger partial charge >= 0.3 is 12.1 Å². The van der Waals surface area contributed by atoms with Crippen LogP contribution in [0.3, 0.4) is 0 Å². The monoisotopic (exact) mass is 311 g/mol. The minimum atomic E-state index is -1.06. The lowest BCUT2D eigenvalue weighted by molar-refractivity contribution is -0.139. The fraction of sp³-hybridized carbons (Fsp3) is 0.467. The highest BCUT2D eigenvalue weighted by molar-refractivity contribution is 5.68. The van der Waals surface area contributed by atoms with Crippen LogP contribution in [0.1, 0.15) is 32.4 Å². The van der Waals surface area contributed by atoms with E-state index >= 15 is 0 Å². The molecule has 0 aliphatic heterocycles. The lowest BCUT2D eigenvalue weighted by Crippen LogP contribution is -2.34. The highest BCUT2D eigenvalue weighted by Crippen LogP contribution is 2.17. The third-order valence-corrected chi connectivity index (χ3v) is 2.47. The van der Waals surface area contributed by atoms with Crippen molar-refractivity contribution in [2.75, 3.05) is 13.2 Å². The molecule has 1 aromatic carbocycles. The third-order valence-electron chi connectivity index (χ3n) is 2.47. The van der Waals surface area contributed by atoms with Crippen LogP contribution >= 0.6 is 0 Å². The molecule has 0 saturated heterocycles. The standard InChI is InChI=1S/C15H21NO6/c1-15(2,3)22-14(20)16-8-12(17)10-4-6-11(7-5-10)21-9-13(18)19/h4-7,12,17H,8-9H2,1-3H3,(H,16,20)(H,18,19)/t12-/m0/s1. The van der Waals surface area contributed by atoms with Gasteiger partial charge in [0, 0.05) is 0 Å². The van der Waals surface area contributed by atoms with Gasteiger partial charge in [-0.2, -0.15) is 0 Å². The molecule has 1 rings (SSSR count). The molecular formula is C15H21NO6. The van der Waals surface area contributed by atoms with Gasteiger partial charge in [-0.1, -0.05) is 12.1 Å². The van der Waals surface area contributed by atoms with Crippen molar-refractivity contribution in [2.45, 2.75) is 32.5 Å². The maximum Gasteiger partial charge on any atom is 0.407 e. The number of carbonyl (C=O) groups excluding carboxylic acids is 1. The molecule has 3 N–H and O–H groups in total. The van der Waals surface area contributed by atoms with Crippen molar-refractivity contribution in [1.29, 1.82) is 0 Å². The van der Waals surface area contributed by atoms with Crippen LogP contribution in [0, 0.1) is 0 Å². The average molecular weight is 311 g/mol. The van der Waals surface area contributed by atoms with Crippen molar-refractivity contribution in [3.05, 3.63) is 29.8 Å². The Hall–Kier alpha value is -2.28. The van der Waals surface area contributed by atoms with E-state index < -0.39 is 30.4 Å². The summed E-state index contributed by atoms with van der Waals surface area (Å²) >= 11 is 0. The van der Waals surface area contributed by atoms with Gasteiger partial charge in [-0.3, -0.25) is 0 Å². The summed E-state index contributed by atoms with van der Waals surface area (Å²) < 4.78 is 10.0. The van der Waals surface area contributed by atoms with Crippen molar-refractivity contribution < 1.29 is 29.3 Å². The van der Waals surface area contributed by atoms with Gasteiger partial charge in [-0.25, -0.2) is 9.59 Å². The number of carbonyl (C=O) groups is 2. The number of rotatable bonds is 6. The van der Waals surface area contributed by atoms with Crippen LogP contribution in [0.4, 0.5) is 4.79 Å². The first-order valence-corrected chi connectivity index (χ1v) is 6.77. The summed E-state index contributed by atoms with van der Waals surface area (Å²) in [6.07, 6.45) is -1.51. The van der Waals surface area contributed by atoms with E-state index in [9.17, 15) is 14.7 Å². The summed E-state index contributed by atoms with van der Waals surface area (Å²) in [7, 11) is 0. The zero-order valence-corrected chi connectivity index (χ0v) is 12.8. The Morgan fingerprint density at radius 2 is 1.82 bits per heavy atom. The number of amides is 1. The zero-order valence-electron chi connectivity index (χ0n) is 12.8. The molecule has 0 aromatic heterocycles. The Bertz CT molecular complexity index is 506. The largest absolute Gasteiger partial charge is 0.482 e. The number of benzene rings is 1. The molecular weight excluding hydrogens is 290 g/mol. The SMILES string of the molecule is CC(C)(C)OC(=O)NC[C@H](O)c1ccc(OCC(=O)O)cc1. The molecule has 1 amide bonds. The number of nitrogens with one attached hydrogen (secondary N) is 1. The first kappa shape index (κ1) is 17.8. The lowest BCUT2D eigenvalue weighted by Gasteiger charge is -2.20. The van der Waals surface area contributed by atoms with E-state index in [-0.39, 0.29) is 6.54 Å². The molecule has 22 heavy (non-hydrogen) atoms. The normalized spacial score (nSPS) is 12.4. The van der Waals surface area contributed by atoms with Crippen molar-refractivity contribution in [3.63, 3.8) is 0 Å². The predicted molar refractivity (Wildman–Crippen MR) is 78.8 cm³/mol. The number of carboxylic acid groups (broad SMARTS) is 1. The Kier molecular flexibility index (Phi) is 6.18. The predicted octanol–water partition coefficient (Wildman–Crippen LogP) is 1.71. The number of carboxylic acids is 1. The van der Waals surface area contributed by atoms with Gasteiger partial charge in [0.15, 0.2) is 6.61 Å². The van der Waals surface area contributed by atoms with Gasteiger partial charge < -0.3 is 25.0 Å². The fourth-order valence-corrected chi connectivity index (χ4v) is 1.54. The van der Waals surface area contributed by atoms with Gasteiger partial charge in [0.25, 0.3) is 0 Å². The molecule has 1 aromatic rings. The van der Waals surface area contributed by atoms with Crippen molar-refractivity contribution in [3.8, 4) is 5.75 Å². The molecule has 0 unspecified atom stereocenters. The second-order valence-corrected chi connectivity index (χ2v) is 5.65. The number of alkyl carbamates (subject to hydrolysis) is 1. The molecule has 0 aliphatic rings. The summed E-state index contributed by atoms with van der Waals surface area (Å²) in [4.78, 5) is 21.9. The Morgan fingerprint density at radius 3 is 2.32 bits per heavy atom. The van der Waals surface area contributed by atoms with Gasteiger partial charge in [-0.05, 0) is 38.5 Å². The van der Waals surface area contributed by atoms with Gasteiger partial charge in [0.05, 0.1) is 12.6 Å². The van der Waals surface area contributed by atoms with Crippen molar-refractivity contribution in [2.24, 2.45) is 0 Å². The fourth-order valence-electron chi connectivity index (χ4n) is 1.54. The second-order valence-electron chi connectivity index (χ2n) is 5.65. The quantitative estimate of drug-likeness (QED) is 0.738. The van der Waals surface area contributed by atoms with Crippen LogP contribution in [-0.4, -0.2) is 41.0 Å². The molecule has 0 bridgehead atoms. The topological polar surface area (TPSA) is 105 Å². The molecule has 1 atom stereocenters. The highest BCUT2D eigenvalue weighted by Gasteiger charge is 2.17. The molecule has 7 nitrogen and oxygen atoms in total. The average Bonchev–Trinajstić information content (AvgIpc) is 2.41. The Labute approximate surface area is 128 Å². The maximum atomic E-state index is 11.5. The highest BCUT2D eigenvalue weighted by atomic mass is 16.6. The molecule has 0 saturated carbocycles. The van der Waals surface area contributed by atoms with Gasteiger partial charge in [0.2, 0.25) is 0 Å². The first-order valence-electron chi connectivity index (χ1n) is 6.77. The molecule has 0 spiro atoms. The number of aliphatic hydroxyl groups is 1. The number of ether oxygens (including phenoxy) is 2. The maximum absolute atomic E-state index is 11.5. The van der Waals surface area contributed by atoms with E-state index in [0.29, 0.717) is 11.3 Å².